The lowest BCUT2D eigenvalue weighted by atomic mass is 9.47. The summed E-state index contributed by atoms with van der Waals surface area (Å²) in [7, 11) is 0. The lowest BCUT2D eigenvalue weighted by molar-refractivity contribution is -0.385. The van der Waals surface area contributed by atoms with E-state index in [1.165, 1.54) is 44.1 Å². The van der Waals surface area contributed by atoms with Crippen LogP contribution in [0.1, 0.15) is 49.7 Å². The quantitative estimate of drug-likeness (QED) is 0.595. The first kappa shape index (κ1) is 12.4. The van der Waals surface area contributed by atoms with E-state index in [1.54, 1.807) is 6.07 Å². The Bertz CT molecular complexity index is 543. The molecule has 105 valence electrons. The lowest BCUT2D eigenvalue weighted by Gasteiger charge is -2.57. The van der Waals surface area contributed by atoms with E-state index < -0.39 is 0 Å². The molecule has 0 saturated heterocycles. The van der Waals surface area contributed by atoms with Gasteiger partial charge >= 0.3 is 0 Å². The second-order valence-electron chi connectivity index (χ2n) is 7.30. The molecule has 0 unspecified atom stereocenters. The zero-order valence-electron chi connectivity index (χ0n) is 11.7. The lowest BCUT2D eigenvalue weighted by Crippen LogP contribution is -2.48. The van der Waals surface area contributed by atoms with E-state index in [9.17, 15) is 10.1 Å². The minimum Gasteiger partial charge on any atom is -0.258 e. The summed E-state index contributed by atoms with van der Waals surface area (Å²) in [6, 6.07) is 5.24. The van der Waals surface area contributed by atoms with Crippen LogP contribution in [0, 0.1) is 34.8 Å². The number of hydrogen-bond donors (Lipinski definition) is 0. The fourth-order valence-electron chi connectivity index (χ4n) is 5.61. The molecule has 3 heteroatoms. The first-order chi connectivity index (χ1) is 9.56. The largest absolute Gasteiger partial charge is 0.269 e. The van der Waals surface area contributed by atoms with Crippen LogP contribution in [0.3, 0.4) is 0 Å². The Morgan fingerprint density at radius 3 is 2.15 bits per heavy atom. The highest BCUT2D eigenvalue weighted by Gasteiger charge is 2.52. The molecule has 20 heavy (non-hydrogen) atoms. The van der Waals surface area contributed by atoms with Crippen LogP contribution in [0.15, 0.2) is 18.2 Å². The van der Waals surface area contributed by atoms with Gasteiger partial charge in [-0.15, -0.1) is 0 Å². The van der Waals surface area contributed by atoms with Crippen LogP contribution in [0.5, 0.6) is 0 Å². The molecular weight excluding hydrogens is 250 g/mol. The van der Waals surface area contributed by atoms with E-state index in [2.05, 4.69) is 6.92 Å². The van der Waals surface area contributed by atoms with E-state index in [0.717, 1.165) is 23.3 Å². The smallest absolute Gasteiger partial charge is 0.258 e. The molecule has 5 rings (SSSR count). The summed E-state index contributed by atoms with van der Waals surface area (Å²) in [5, 5.41) is 11.1. The number of nitro groups is 1. The third kappa shape index (κ3) is 1.72. The molecule has 0 atom stereocenters. The molecule has 0 N–H and O–H groups in total. The Kier molecular flexibility index (Phi) is 2.51. The zero-order chi connectivity index (χ0) is 13.9. The molecule has 4 aliphatic carbocycles. The minimum absolute atomic E-state index is 0.192. The number of hydrogen-bond acceptors (Lipinski definition) is 2. The van der Waals surface area contributed by atoms with Crippen molar-refractivity contribution in [3.63, 3.8) is 0 Å². The van der Waals surface area contributed by atoms with Gasteiger partial charge < -0.3 is 0 Å². The highest BCUT2D eigenvalue weighted by atomic mass is 16.6. The Morgan fingerprint density at radius 2 is 1.65 bits per heavy atom. The molecule has 1 aromatic carbocycles. The highest BCUT2D eigenvalue weighted by Crippen LogP contribution is 2.61. The summed E-state index contributed by atoms with van der Waals surface area (Å²) in [6.07, 6.45) is 7.84. The summed E-state index contributed by atoms with van der Waals surface area (Å²) in [5.41, 5.74) is 2.59. The molecule has 3 nitrogen and oxygen atoms in total. The Balaban J connectivity index is 1.80. The summed E-state index contributed by atoms with van der Waals surface area (Å²) in [5.74, 6) is 2.54. The van der Waals surface area contributed by atoms with Crippen LogP contribution >= 0.6 is 0 Å². The molecule has 0 heterocycles. The van der Waals surface area contributed by atoms with Gasteiger partial charge in [0.25, 0.3) is 5.69 Å². The van der Waals surface area contributed by atoms with Crippen molar-refractivity contribution in [2.45, 2.75) is 43.9 Å². The van der Waals surface area contributed by atoms with Crippen LogP contribution in [-0.4, -0.2) is 4.92 Å². The molecule has 0 spiro atoms. The minimum atomic E-state index is -0.274. The molecule has 1 radical (unpaired) electrons. The monoisotopic (exact) mass is 270 g/mol. The van der Waals surface area contributed by atoms with E-state index in [1.807, 2.05) is 12.1 Å². The average molecular weight is 270 g/mol. The normalized spacial score (nSPS) is 38.1. The molecular formula is C17H20NO2. The van der Waals surface area contributed by atoms with Gasteiger partial charge in [-0.2, -0.15) is 0 Å². The van der Waals surface area contributed by atoms with Crippen LogP contribution in [0.4, 0.5) is 5.69 Å². The fourth-order valence-corrected chi connectivity index (χ4v) is 5.61. The van der Waals surface area contributed by atoms with Gasteiger partial charge in [0, 0.05) is 12.1 Å². The van der Waals surface area contributed by atoms with Gasteiger partial charge in [0.1, 0.15) is 0 Å². The van der Waals surface area contributed by atoms with Crippen molar-refractivity contribution in [1.82, 2.24) is 0 Å². The maximum atomic E-state index is 11.1. The summed E-state index contributed by atoms with van der Waals surface area (Å²) < 4.78 is 0. The van der Waals surface area contributed by atoms with Crippen molar-refractivity contribution < 1.29 is 4.92 Å². The van der Waals surface area contributed by atoms with Gasteiger partial charge in [-0.25, -0.2) is 0 Å². The molecule has 0 aromatic heterocycles. The van der Waals surface area contributed by atoms with Gasteiger partial charge in [-0.3, -0.25) is 10.1 Å². The van der Waals surface area contributed by atoms with E-state index in [-0.39, 0.29) is 16.0 Å². The van der Waals surface area contributed by atoms with E-state index >= 15 is 0 Å². The van der Waals surface area contributed by atoms with Crippen LogP contribution in [0.25, 0.3) is 0 Å². The molecule has 4 bridgehead atoms. The highest BCUT2D eigenvalue weighted by molar-refractivity contribution is 5.46. The van der Waals surface area contributed by atoms with E-state index in [4.69, 9.17) is 0 Å². The maximum absolute atomic E-state index is 11.1. The van der Waals surface area contributed by atoms with E-state index in [0.29, 0.717) is 0 Å². The number of benzene rings is 1. The van der Waals surface area contributed by atoms with Crippen LogP contribution in [0.2, 0.25) is 0 Å². The number of nitrogens with zero attached hydrogens (tertiary/aromatic N) is 1. The number of nitro benzene ring substituents is 1. The van der Waals surface area contributed by atoms with Crippen LogP contribution < -0.4 is 0 Å². The molecule has 4 aliphatic rings. The van der Waals surface area contributed by atoms with Crippen LogP contribution in [-0.2, 0) is 5.41 Å². The Labute approximate surface area is 119 Å². The number of non-ortho nitro benzene ring substituents is 1. The van der Waals surface area contributed by atoms with Crippen molar-refractivity contribution in [3.05, 3.63) is 46.4 Å². The third-order valence-corrected chi connectivity index (χ3v) is 5.91. The predicted molar refractivity (Wildman–Crippen MR) is 77.4 cm³/mol. The van der Waals surface area contributed by atoms with Gasteiger partial charge in [0.15, 0.2) is 0 Å². The predicted octanol–water partition coefficient (Wildman–Crippen LogP) is 4.24. The van der Waals surface area contributed by atoms with Crippen molar-refractivity contribution in [3.8, 4) is 0 Å². The topological polar surface area (TPSA) is 43.1 Å². The zero-order valence-corrected chi connectivity index (χ0v) is 11.7. The second-order valence-corrected chi connectivity index (χ2v) is 7.30. The standard InChI is InChI=1S/C17H20NO2/c1-11-2-3-15(18(19)20)7-16(11)17-8-12-4-13(9-17)6-14(5-12)10-17/h2-3,7,12-14H,1,4-6,8-10H2. The Morgan fingerprint density at radius 1 is 1.10 bits per heavy atom. The van der Waals surface area contributed by atoms with Gasteiger partial charge in [-0.05, 0) is 79.7 Å². The van der Waals surface area contributed by atoms with Crippen molar-refractivity contribution in [2.24, 2.45) is 17.8 Å². The van der Waals surface area contributed by atoms with Crippen molar-refractivity contribution in [2.75, 3.05) is 0 Å². The first-order valence-electron chi connectivity index (χ1n) is 7.67. The van der Waals surface area contributed by atoms with Gasteiger partial charge in [0.05, 0.1) is 4.92 Å². The SMILES string of the molecule is [CH2]c1ccc([N+](=O)[O-])cc1C12CC3CC(CC(C3)C1)C2. The summed E-state index contributed by atoms with van der Waals surface area (Å²) >= 11 is 0. The number of rotatable bonds is 2. The second kappa shape index (κ2) is 4.06. The fraction of sp³-hybridized carbons (Fsp3) is 0.588. The van der Waals surface area contributed by atoms with Gasteiger partial charge in [0.2, 0.25) is 0 Å². The summed E-state index contributed by atoms with van der Waals surface area (Å²) in [4.78, 5) is 10.8. The third-order valence-electron chi connectivity index (χ3n) is 5.91. The Hall–Kier alpha value is -1.38. The first-order valence-corrected chi connectivity index (χ1v) is 7.67. The molecule has 4 saturated carbocycles. The molecule has 4 fully saturated rings. The van der Waals surface area contributed by atoms with Crippen molar-refractivity contribution in [1.29, 1.82) is 0 Å². The average Bonchev–Trinajstić information content (AvgIpc) is 2.37. The summed E-state index contributed by atoms with van der Waals surface area (Å²) in [6.45, 7) is 4.16. The molecule has 0 amide bonds. The maximum Gasteiger partial charge on any atom is 0.269 e. The van der Waals surface area contributed by atoms with Gasteiger partial charge in [-0.1, -0.05) is 6.07 Å². The molecule has 1 aromatic rings. The van der Waals surface area contributed by atoms with Crippen molar-refractivity contribution >= 4 is 5.69 Å². The molecule has 0 aliphatic heterocycles.